The zero-order valence-corrected chi connectivity index (χ0v) is 7.82. The first kappa shape index (κ1) is 9.16. The topological polar surface area (TPSA) is 38.3 Å². The van der Waals surface area contributed by atoms with E-state index in [4.69, 9.17) is 4.74 Å². The molecule has 3 nitrogen and oxygen atoms in total. The van der Waals surface area contributed by atoms with Crippen molar-refractivity contribution in [3.8, 4) is 0 Å². The summed E-state index contributed by atoms with van der Waals surface area (Å²) in [4.78, 5) is 0. The minimum absolute atomic E-state index is 0.282. The first-order valence-electron chi connectivity index (χ1n) is 3.82. The normalized spacial score (nSPS) is 38.9. The van der Waals surface area contributed by atoms with Gasteiger partial charge in [-0.1, -0.05) is 0 Å². The highest BCUT2D eigenvalue weighted by Crippen LogP contribution is 2.02. The van der Waals surface area contributed by atoms with Crippen LogP contribution in [-0.4, -0.2) is 41.5 Å². The summed E-state index contributed by atoms with van der Waals surface area (Å²) in [5, 5.41) is 3.33. The van der Waals surface area contributed by atoms with Gasteiger partial charge in [-0.3, -0.25) is 4.21 Å². The summed E-state index contributed by atoms with van der Waals surface area (Å²) in [7, 11) is 1.03. The lowest BCUT2D eigenvalue weighted by molar-refractivity contribution is 0.168. The Morgan fingerprint density at radius 1 is 1.64 bits per heavy atom. The van der Waals surface area contributed by atoms with E-state index < -0.39 is 10.8 Å². The molecule has 0 aromatic carbocycles. The standard InChI is InChI=1S/C7H15NO2S/c1-6-4-11(9)5-7(8-6)3-10-2/h6-8H,3-5H2,1-2H3. The highest BCUT2D eigenvalue weighted by molar-refractivity contribution is 7.85. The number of ether oxygens (including phenoxy) is 1. The maximum atomic E-state index is 11.2. The number of rotatable bonds is 2. The molecule has 1 rings (SSSR count). The van der Waals surface area contributed by atoms with E-state index in [1.165, 1.54) is 0 Å². The van der Waals surface area contributed by atoms with Crippen LogP contribution in [0.3, 0.4) is 0 Å². The molecule has 3 unspecified atom stereocenters. The zero-order valence-electron chi connectivity index (χ0n) is 7.00. The number of methoxy groups -OCH3 is 1. The van der Waals surface area contributed by atoms with E-state index in [-0.39, 0.29) is 6.04 Å². The second-order valence-corrected chi connectivity index (χ2v) is 4.54. The van der Waals surface area contributed by atoms with Crippen LogP contribution in [0.5, 0.6) is 0 Å². The highest BCUT2D eigenvalue weighted by atomic mass is 32.2. The summed E-state index contributed by atoms with van der Waals surface area (Å²) in [6, 6.07) is 0.648. The van der Waals surface area contributed by atoms with Crippen LogP contribution in [0.1, 0.15) is 6.92 Å². The molecule has 0 saturated carbocycles. The molecule has 1 heterocycles. The fourth-order valence-electron chi connectivity index (χ4n) is 1.37. The average molecular weight is 177 g/mol. The third-order valence-corrected chi connectivity index (χ3v) is 3.36. The van der Waals surface area contributed by atoms with Gasteiger partial charge in [0.15, 0.2) is 0 Å². The molecule has 1 aliphatic rings. The molecule has 0 bridgehead atoms. The number of nitrogens with one attached hydrogen (secondary N) is 1. The lowest BCUT2D eigenvalue weighted by Gasteiger charge is -2.27. The number of hydrogen-bond acceptors (Lipinski definition) is 3. The lowest BCUT2D eigenvalue weighted by atomic mass is 10.3. The minimum Gasteiger partial charge on any atom is -0.383 e. The summed E-state index contributed by atoms with van der Waals surface area (Å²) in [6.07, 6.45) is 0. The van der Waals surface area contributed by atoms with Crippen molar-refractivity contribution in [2.24, 2.45) is 0 Å². The maximum absolute atomic E-state index is 11.2. The monoisotopic (exact) mass is 177 g/mol. The molecule has 3 atom stereocenters. The van der Waals surface area contributed by atoms with Crippen LogP contribution in [0.25, 0.3) is 0 Å². The van der Waals surface area contributed by atoms with Crippen LogP contribution in [0.15, 0.2) is 0 Å². The van der Waals surface area contributed by atoms with E-state index in [1.54, 1.807) is 7.11 Å². The van der Waals surface area contributed by atoms with Gasteiger partial charge in [0.1, 0.15) is 0 Å². The predicted octanol–water partition coefficient (Wildman–Crippen LogP) is -0.258. The summed E-state index contributed by atoms with van der Waals surface area (Å²) in [5.41, 5.74) is 0. The molecule has 1 fully saturated rings. The van der Waals surface area contributed by atoms with E-state index in [9.17, 15) is 4.21 Å². The van der Waals surface area contributed by atoms with Crippen molar-refractivity contribution < 1.29 is 8.95 Å². The molecule has 1 saturated heterocycles. The molecule has 0 aromatic rings. The fraction of sp³-hybridized carbons (Fsp3) is 1.00. The van der Waals surface area contributed by atoms with Crippen molar-refractivity contribution in [2.45, 2.75) is 19.0 Å². The Bertz CT molecular complexity index is 151. The van der Waals surface area contributed by atoms with Crippen molar-refractivity contribution in [2.75, 3.05) is 25.2 Å². The van der Waals surface area contributed by atoms with Crippen LogP contribution in [0.4, 0.5) is 0 Å². The maximum Gasteiger partial charge on any atom is 0.0624 e. The molecule has 1 N–H and O–H groups in total. The SMILES string of the molecule is COCC1CS(=O)CC(C)N1. The average Bonchev–Trinajstić information content (AvgIpc) is 1.85. The smallest absolute Gasteiger partial charge is 0.0624 e. The molecule has 0 spiro atoms. The zero-order chi connectivity index (χ0) is 8.27. The Morgan fingerprint density at radius 2 is 2.36 bits per heavy atom. The molecule has 1 aliphatic heterocycles. The van der Waals surface area contributed by atoms with Gasteiger partial charge in [-0.05, 0) is 6.92 Å². The minimum atomic E-state index is -0.644. The van der Waals surface area contributed by atoms with Gasteiger partial charge >= 0.3 is 0 Å². The molecule has 0 radical (unpaired) electrons. The molecular weight excluding hydrogens is 162 g/mol. The molecule has 66 valence electrons. The fourth-order valence-corrected chi connectivity index (χ4v) is 2.80. The summed E-state index contributed by atoms with van der Waals surface area (Å²) < 4.78 is 16.2. The predicted molar refractivity (Wildman–Crippen MR) is 46.1 cm³/mol. The Hall–Kier alpha value is 0.0700. The Morgan fingerprint density at radius 3 is 2.91 bits per heavy atom. The van der Waals surface area contributed by atoms with Gasteiger partial charge in [-0.15, -0.1) is 0 Å². The molecule has 0 aromatic heterocycles. The molecule has 4 heteroatoms. The van der Waals surface area contributed by atoms with Gasteiger partial charge in [-0.2, -0.15) is 0 Å². The van der Waals surface area contributed by atoms with Gasteiger partial charge in [0.2, 0.25) is 0 Å². The quantitative estimate of drug-likeness (QED) is 0.631. The van der Waals surface area contributed by atoms with E-state index in [0.717, 1.165) is 11.5 Å². The molecular formula is C7H15NO2S. The second-order valence-electron chi connectivity index (χ2n) is 2.99. The Labute approximate surface area is 70.0 Å². The van der Waals surface area contributed by atoms with Crippen molar-refractivity contribution >= 4 is 10.8 Å². The van der Waals surface area contributed by atoms with Crippen LogP contribution in [-0.2, 0) is 15.5 Å². The largest absolute Gasteiger partial charge is 0.383 e. The van der Waals surface area contributed by atoms with Crippen molar-refractivity contribution in [3.63, 3.8) is 0 Å². The second kappa shape index (κ2) is 4.18. The molecule has 11 heavy (non-hydrogen) atoms. The lowest BCUT2D eigenvalue weighted by Crippen LogP contribution is -2.50. The van der Waals surface area contributed by atoms with Crippen LogP contribution in [0.2, 0.25) is 0 Å². The first-order chi connectivity index (χ1) is 5.22. The first-order valence-corrected chi connectivity index (χ1v) is 5.31. The van der Waals surface area contributed by atoms with Crippen LogP contribution in [0, 0.1) is 0 Å². The highest BCUT2D eigenvalue weighted by Gasteiger charge is 2.22. The van der Waals surface area contributed by atoms with Crippen molar-refractivity contribution in [3.05, 3.63) is 0 Å². The molecule has 0 aliphatic carbocycles. The van der Waals surface area contributed by atoms with Gasteiger partial charge in [0.05, 0.1) is 6.61 Å². The van der Waals surface area contributed by atoms with E-state index in [0.29, 0.717) is 12.6 Å². The summed E-state index contributed by atoms with van der Waals surface area (Å²) >= 11 is 0. The third-order valence-electron chi connectivity index (χ3n) is 1.71. The van der Waals surface area contributed by atoms with Crippen molar-refractivity contribution in [1.82, 2.24) is 5.32 Å². The third kappa shape index (κ3) is 2.89. The van der Waals surface area contributed by atoms with E-state index >= 15 is 0 Å². The molecule has 0 amide bonds. The van der Waals surface area contributed by atoms with Gasteiger partial charge < -0.3 is 10.1 Å². The van der Waals surface area contributed by atoms with Gasteiger partial charge in [0, 0.05) is 41.5 Å². The summed E-state index contributed by atoms with van der Waals surface area (Å²) in [6.45, 7) is 2.72. The van der Waals surface area contributed by atoms with Crippen LogP contribution < -0.4 is 5.32 Å². The van der Waals surface area contributed by atoms with Crippen molar-refractivity contribution in [1.29, 1.82) is 0 Å². The Kier molecular flexibility index (Phi) is 3.48. The number of hydrogen-bond donors (Lipinski definition) is 1. The summed E-state index contributed by atoms with van der Waals surface area (Å²) in [5.74, 6) is 1.51. The van der Waals surface area contributed by atoms with Gasteiger partial charge in [-0.25, -0.2) is 0 Å². The van der Waals surface area contributed by atoms with E-state index in [2.05, 4.69) is 12.2 Å². The Balaban J connectivity index is 2.36. The van der Waals surface area contributed by atoms with Gasteiger partial charge in [0.25, 0.3) is 0 Å². The van der Waals surface area contributed by atoms with Crippen LogP contribution >= 0.6 is 0 Å². The van der Waals surface area contributed by atoms with E-state index in [1.807, 2.05) is 0 Å².